The third-order valence-corrected chi connectivity index (χ3v) is 5.93. The lowest BCUT2D eigenvalue weighted by atomic mass is 10.2. The summed E-state index contributed by atoms with van der Waals surface area (Å²) in [4.78, 5) is 38.7. The summed E-state index contributed by atoms with van der Waals surface area (Å²) in [5, 5.41) is 5.56. The van der Waals surface area contributed by atoms with Gasteiger partial charge in [-0.25, -0.2) is 9.18 Å². The number of ether oxygens (including phenoxy) is 2. The second kappa shape index (κ2) is 11.2. The quantitative estimate of drug-likeness (QED) is 0.566. The van der Waals surface area contributed by atoms with Gasteiger partial charge < -0.3 is 25.0 Å². The molecule has 2 fully saturated rings. The van der Waals surface area contributed by atoms with Crippen molar-refractivity contribution in [1.29, 1.82) is 0 Å². The number of hydrogen-bond donors (Lipinski definition) is 2. The first-order chi connectivity index (χ1) is 16.9. The van der Waals surface area contributed by atoms with Gasteiger partial charge in [-0.15, -0.1) is 0 Å². The number of hydrogen-bond acceptors (Lipinski definition) is 6. The predicted molar refractivity (Wildman–Crippen MR) is 128 cm³/mol. The van der Waals surface area contributed by atoms with Crippen molar-refractivity contribution in [2.45, 2.75) is 32.1 Å². The van der Waals surface area contributed by atoms with Crippen molar-refractivity contribution in [2.75, 3.05) is 42.6 Å². The molecule has 2 saturated heterocycles. The van der Waals surface area contributed by atoms with Gasteiger partial charge in [0.1, 0.15) is 18.5 Å². The summed E-state index contributed by atoms with van der Waals surface area (Å²) >= 11 is 0. The molecule has 4 rings (SSSR count). The van der Waals surface area contributed by atoms with Crippen LogP contribution in [0.2, 0.25) is 0 Å². The van der Waals surface area contributed by atoms with E-state index >= 15 is 0 Å². The van der Waals surface area contributed by atoms with Crippen molar-refractivity contribution in [1.82, 2.24) is 10.6 Å². The van der Waals surface area contributed by atoms with Gasteiger partial charge in [0.25, 0.3) is 0 Å². The van der Waals surface area contributed by atoms with Crippen molar-refractivity contribution in [3.05, 3.63) is 59.9 Å². The van der Waals surface area contributed by atoms with Gasteiger partial charge in [0, 0.05) is 26.1 Å². The molecular formula is C25H29FN4O5. The zero-order chi connectivity index (χ0) is 24.8. The van der Waals surface area contributed by atoms with Crippen molar-refractivity contribution < 1.29 is 28.2 Å². The molecule has 0 bridgehead atoms. The van der Waals surface area contributed by atoms with E-state index in [1.807, 2.05) is 35.2 Å². The Kier molecular flexibility index (Phi) is 7.81. The van der Waals surface area contributed by atoms with Crippen molar-refractivity contribution in [3.63, 3.8) is 0 Å². The van der Waals surface area contributed by atoms with Gasteiger partial charge in [0.2, 0.25) is 11.8 Å². The molecule has 2 N–H and O–H groups in total. The fourth-order valence-corrected chi connectivity index (χ4v) is 4.22. The molecule has 1 unspecified atom stereocenters. The molecule has 2 aliphatic heterocycles. The predicted octanol–water partition coefficient (Wildman–Crippen LogP) is 2.20. The summed E-state index contributed by atoms with van der Waals surface area (Å²) < 4.78 is 25.7. The van der Waals surface area contributed by atoms with Crippen LogP contribution < -0.4 is 20.4 Å². The fourth-order valence-electron chi connectivity index (χ4n) is 4.22. The molecule has 10 heteroatoms. The van der Waals surface area contributed by atoms with Gasteiger partial charge in [-0.2, -0.15) is 0 Å². The Bertz CT molecular complexity index is 1070. The van der Waals surface area contributed by atoms with Gasteiger partial charge >= 0.3 is 6.09 Å². The molecule has 186 valence electrons. The smallest absolute Gasteiger partial charge is 0.414 e. The van der Waals surface area contributed by atoms with E-state index in [1.165, 1.54) is 17.9 Å². The van der Waals surface area contributed by atoms with E-state index in [2.05, 4.69) is 10.6 Å². The monoisotopic (exact) mass is 484 g/mol. The topological polar surface area (TPSA) is 100 Å². The molecule has 0 aromatic heterocycles. The van der Waals surface area contributed by atoms with Gasteiger partial charge in [-0.1, -0.05) is 30.3 Å². The molecule has 2 heterocycles. The highest BCUT2D eigenvalue weighted by Crippen LogP contribution is 2.29. The molecule has 0 radical (unpaired) electrons. The number of amides is 3. The lowest BCUT2D eigenvalue weighted by Crippen LogP contribution is -2.39. The van der Waals surface area contributed by atoms with Crippen LogP contribution in [-0.4, -0.2) is 62.8 Å². The molecule has 0 aliphatic carbocycles. The third-order valence-electron chi connectivity index (χ3n) is 5.93. The highest BCUT2D eigenvalue weighted by Gasteiger charge is 2.33. The maximum atomic E-state index is 15.0. The van der Waals surface area contributed by atoms with E-state index in [1.54, 1.807) is 12.1 Å². The van der Waals surface area contributed by atoms with E-state index in [0.717, 1.165) is 5.56 Å². The number of halogens is 1. The summed E-state index contributed by atoms with van der Waals surface area (Å²) in [5.74, 6) is -0.876. The van der Waals surface area contributed by atoms with Crippen LogP contribution >= 0.6 is 0 Å². The first kappa shape index (κ1) is 24.5. The van der Waals surface area contributed by atoms with Crippen LogP contribution in [0, 0.1) is 5.82 Å². The highest BCUT2D eigenvalue weighted by molar-refractivity contribution is 5.90. The molecular weight excluding hydrogens is 455 g/mol. The number of carbonyl (C=O) groups is 3. The van der Waals surface area contributed by atoms with E-state index in [4.69, 9.17) is 9.47 Å². The summed E-state index contributed by atoms with van der Waals surface area (Å²) in [6, 6.07) is 14.1. The minimum absolute atomic E-state index is 0.0384. The van der Waals surface area contributed by atoms with E-state index in [9.17, 15) is 18.8 Å². The molecule has 35 heavy (non-hydrogen) atoms. The van der Waals surface area contributed by atoms with Gasteiger partial charge in [-0.3, -0.25) is 14.5 Å². The maximum Gasteiger partial charge on any atom is 0.414 e. The number of carbonyl (C=O) groups excluding carboxylic acids is 3. The number of cyclic esters (lactones) is 1. The van der Waals surface area contributed by atoms with E-state index in [-0.39, 0.29) is 37.6 Å². The van der Waals surface area contributed by atoms with E-state index < -0.39 is 18.0 Å². The molecule has 0 saturated carbocycles. The number of benzene rings is 2. The lowest BCUT2D eigenvalue weighted by molar-refractivity contribution is -0.126. The Morgan fingerprint density at radius 3 is 2.71 bits per heavy atom. The zero-order valence-electron chi connectivity index (χ0n) is 19.5. The normalized spacial score (nSPS) is 19.5. The summed E-state index contributed by atoms with van der Waals surface area (Å²) in [6.07, 6.45) is -0.380. The second-order valence-electron chi connectivity index (χ2n) is 8.67. The van der Waals surface area contributed by atoms with Crippen LogP contribution in [0.15, 0.2) is 48.5 Å². The van der Waals surface area contributed by atoms with Crippen molar-refractivity contribution in [2.24, 2.45) is 0 Å². The first-order valence-electron chi connectivity index (χ1n) is 11.6. The highest BCUT2D eigenvalue weighted by atomic mass is 19.1. The van der Waals surface area contributed by atoms with Crippen LogP contribution in [0.3, 0.4) is 0 Å². The van der Waals surface area contributed by atoms with Gasteiger partial charge in [0.05, 0.1) is 31.1 Å². The summed E-state index contributed by atoms with van der Waals surface area (Å²) in [5.41, 5.74) is 1.80. The molecule has 3 amide bonds. The largest absolute Gasteiger partial charge is 0.442 e. The molecule has 2 aromatic rings. The van der Waals surface area contributed by atoms with Gasteiger partial charge in [-0.05, 0) is 30.2 Å². The van der Waals surface area contributed by atoms with Crippen LogP contribution in [-0.2, 0) is 25.7 Å². The molecule has 2 aliphatic rings. The van der Waals surface area contributed by atoms with Crippen molar-refractivity contribution >= 4 is 29.3 Å². The van der Waals surface area contributed by atoms with Crippen LogP contribution in [0.5, 0.6) is 0 Å². The minimum Gasteiger partial charge on any atom is -0.442 e. The maximum absolute atomic E-state index is 15.0. The number of nitrogens with zero attached hydrogens (tertiary/aromatic N) is 2. The Balaban J connectivity index is 1.26. The standard InChI is InChI=1S/C25H29FN4O5/c1-17(31)27-12-21-14-30(25(33)35-21)20-7-8-23(22(26)11-20)29-10-9-19(13-29)28-24(32)16-34-15-18-5-3-2-4-6-18/h2-8,11,19,21H,9-10,12-16H2,1H3,(H,27,31)(H,28,32)/t19?,21-/m0/s1. The number of rotatable bonds is 9. The van der Waals surface area contributed by atoms with Gasteiger partial charge in [0.15, 0.2) is 0 Å². The fraction of sp³-hybridized carbons (Fsp3) is 0.400. The Morgan fingerprint density at radius 2 is 1.97 bits per heavy atom. The van der Waals surface area contributed by atoms with E-state index in [0.29, 0.717) is 37.5 Å². The third kappa shape index (κ3) is 6.48. The lowest BCUT2D eigenvalue weighted by Gasteiger charge is -2.21. The second-order valence-corrected chi connectivity index (χ2v) is 8.67. The zero-order valence-corrected chi connectivity index (χ0v) is 19.5. The SMILES string of the molecule is CC(=O)NC[C@H]1CN(c2ccc(N3CCC(NC(=O)COCc4ccccc4)C3)c(F)c2)C(=O)O1. The van der Waals surface area contributed by atoms with Crippen LogP contribution in [0.25, 0.3) is 0 Å². The Labute approximate surface area is 203 Å². The van der Waals surface area contributed by atoms with Crippen LogP contribution in [0.1, 0.15) is 18.9 Å². The Hall–Kier alpha value is -3.66. The number of anilines is 2. The summed E-state index contributed by atoms with van der Waals surface area (Å²) in [7, 11) is 0. The average molecular weight is 485 g/mol. The van der Waals surface area contributed by atoms with Crippen molar-refractivity contribution in [3.8, 4) is 0 Å². The average Bonchev–Trinajstić information content (AvgIpc) is 3.44. The molecule has 2 aromatic carbocycles. The number of nitrogens with one attached hydrogen (secondary N) is 2. The molecule has 0 spiro atoms. The first-order valence-corrected chi connectivity index (χ1v) is 11.6. The Morgan fingerprint density at radius 1 is 1.17 bits per heavy atom. The molecule has 2 atom stereocenters. The summed E-state index contributed by atoms with van der Waals surface area (Å²) in [6.45, 7) is 3.21. The minimum atomic E-state index is -0.578. The molecule has 9 nitrogen and oxygen atoms in total. The van der Waals surface area contributed by atoms with Crippen LogP contribution in [0.4, 0.5) is 20.6 Å².